The molecule has 0 heterocycles. The molecule has 0 aliphatic rings. The van der Waals surface area contributed by atoms with E-state index in [2.05, 4.69) is 5.32 Å². The van der Waals surface area contributed by atoms with E-state index in [9.17, 15) is 4.79 Å². The summed E-state index contributed by atoms with van der Waals surface area (Å²) in [6, 6.07) is 0.160. The maximum Gasteiger partial charge on any atom is 0.501 e. The molecular weight excluding hydrogens is 252 g/mol. The molecule has 0 fully saturated rings. The van der Waals surface area contributed by atoms with Crippen LogP contribution in [0.25, 0.3) is 0 Å². The van der Waals surface area contributed by atoms with Crippen LogP contribution < -0.4 is 11.1 Å². The number of rotatable bonds is 10. The number of urea groups is 1. The summed E-state index contributed by atoms with van der Waals surface area (Å²) in [5.74, 6) is 0. The van der Waals surface area contributed by atoms with Gasteiger partial charge in [-0.3, -0.25) is 0 Å². The molecule has 0 saturated carbocycles. The summed E-state index contributed by atoms with van der Waals surface area (Å²) in [4.78, 5) is 10.6. The molecule has 0 saturated heterocycles. The van der Waals surface area contributed by atoms with Crippen molar-refractivity contribution in [3.63, 3.8) is 0 Å². The predicted octanol–water partition coefficient (Wildman–Crippen LogP) is 1.48. The minimum atomic E-state index is -2.62. The molecule has 2 amide bonds. The quantitative estimate of drug-likeness (QED) is 0.468. The van der Waals surface area contributed by atoms with Gasteiger partial charge in [0.15, 0.2) is 0 Å². The first-order valence-electron chi connectivity index (χ1n) is 6.44. The first-order chi connectivity index (χ1) is 8.45. The standard InChI is InChI=1S/C11H26N2O4Si/c1-5-15-18(16-6-2,17-10(3)4)9-7-8-13-11(12)14/h10H,5-9H2,1-4H3,(H3,12,13,14). The third kappa shape index (κ3) is 7.65. The van der Waals surface area contributed by atoms with Crippen LogP contribution in [0.2, 0.25) is 6.04 Å². The molecular formula is C11H26N2O4Si. The summed E-state index contributed by atoms with van der Waals surface area (Å²) in [7, 11) is -2.62. The lowest BCUT2D eigenvalue weighted by atomic mass is 10.5. The van der Waals surface area contributed by atoms with E-state index in [1.165, 1.54) is 0 Å². The third-order valence-electron chi connectivity index (χ3n) is 2.10. The molecule has 0 aromatic carbocycles. The summed E-state index contributed by atoms with van der Waals surface area (Å²) in [6.45, 7) is 9.39. The van der Waals surface area contributed by atoms with Crippen LogP contribution in [0.15, 0.2) is 0 Å². The zero-order valence-electron chi connectivity index (χ0n) is 11.8. The fourth-order valence-electron chi connectivity index (χ4n) is 1.63. The average molecular weight is 278 g/mol. The Bertz CT molecular complexity index is 233. The molecule has 6 nitrogen and oxygen atoms in total. The second kappa shape index (κ2) is 9.32. The van der Waals surface area contributed by atoms with Crippen LogP contribution in [-0.4, -0.2) is 40.7 Å². The number of hydrogen-bond acceptors (Lipinski definition) is 4. The number of hydrogen-bond donors (Lipinski definition) is 2. The Morgan fingerprint density at radius 3 is 2.22 bits per heavy atom. The van der Waals surface area contributed by atoms with Crippen LogP contribution in [0, 0.1) is 0 Å². The molecule has 0 rings (SSSR count). The fourth-order valence-corrected chi connectivity index (χ4v) is 4.46. The van der Waals surface area contributed by atoms with Gasteiger partial charge in [-0.15, -0.1) is 0 Å². The molecule has 3 N–H and O–H groups in total. The lowest BCUT2D eigenvalue weighted by molar-refractivity contribution is 0.0439. The molecule has 0 radical (unpaired) electrons. The van der Waals surface area contributed by atoms with E-state index in [-0.39, 0.29) is 6.10 Å². The van der Waals surface area contributed by atoms with Gasteiger partial charge in [0.05, 0.1) is 0 Å². The third-order valence-corrected chi connectivity index (χ3v) is 5.36. The molecule has 0 aromatic rings. The largest absolute Gasteiger partial charge is 0.501 e. The van der Waals surface area contributed by atoms with Crippen molar-refractivity contribution in [2.24, 2.45) is 5.73 Å². The van der Waals surface area contributed by atoms with Gasteiger partial charge in [0.2, 0.25) is 0 Å². The zero-order valence-corrected chi connectivity index (χ0v) is 12.8. The van der Waals surface area contributed by atoms with Crippen LogP contribution in [-0.2, 0) is 13.3 Å². The Hall–Kier alpha value is -0.633. The van der Waals surface area contributed by atoms with E-state index < -0.39 is 14.8 Å². The first kappa shape index (κ1) is 17.4. The van der Waals surface area contributed by atoms with Crippen LogP contribution in [0.5, 0.6) is 0 Å². The van der Waals surface area contributed by atoms with Gasteiger partial charge in [0.25, 0.3) is 0 Å². The number of nitrogens with one attached hydrogen (secondary N) is 1. The van der Waals surface area contributed by atoms with Gasteiger partial charge >= 0.3 is 14.8 Å². The van der Waals surface area contributed by atoms with Crippen molar-refractivity contribution in [2.45, 2.75) is 46.3 Å². The number of carbonyl (C=O) groups is 1. The van der Waals surface area contributed by atoms with Gasteiger partial charge in [-0.2, -0.15) is 0 Å². The SMILES string of the molecule is CCO[Si](CCCNC(N)=O)(OCC)OC(C)C. The first-order valence-corrected chi connectivity index (χ1v) is 8.38. The summed E-state index contributed by atoms with van der Waals surface area (Å²) >= 11 is 0. The van der Waals surface area contributed by atoms with Crippen molar-refractivity contribution in [3.8, 4) is 0 Å². The number of amides is 2. The van der Waals surface area contributed by atoms with Gasteiger partial charge in [-0.1, -0.05) is 0 Å². The molecule has 0 aliphatic heterocycles. The lowest BCUT2D eigenvalue weighted by Gasteiger charge is -2.30. The molecule has 0 aromatic heterocycles. The van der Waals surface area contributed by atoms with E-state index in [4.69, 9.17) is 19.0 Å². The highest BCUT2D eigenvalue weighted by Crippen LogP contribution is 2.19. The summed E-state index contributed by atoms with van der Waals surface area (Å²) in [6.07, 6.45) is 0.779. The minimum Gasteiger partial charge on any atom is -0.374 e. The minimum absolute atomic E-state index is 0.0545. The van der Waals surface area contributed by atoms with Crippen LogP contribution in [0.4, 0.5) is 4.79 Å². The molecule has 0 spiro atoms. The maximum atomic E-state index is 10.6. The molecule has 0 aliphatic carbocycles. The Balaban J connectivity index is 4.36. The molecule has 18 heavy (non-hydrogen) atoms. The number of nitrogens with two attached hydrogens (primary N) is 1. The molecule has 108 valence electrons. The van der Waals surface area contributed by atoms with Gasteiger partial charge in [-0.25, -0.2) is 4.79 Å². The Morgan fingerprint density at radius 1 is 1.28 bits per heavy atom. The Morgan fingerprint density at radius 2 is 1.83 bits per heavy atom. The number of primary amides is 1. The fraction of sp³-hybridized carbons (Fsp3) is 0.909. The van der Waals surface area contributed by atoms with E-state index in [1.807, 2.05) is 27.7 Å². The van der Waals surface area contributed by atoms with Crippen molar-refractivity contribution >= 4 is 14.8 Å². The van der Waals surface area contributed by atoms with Crippen LogP contribution >= 0.6 is 0 Å². The predicted molar refractivity (Wildman–Crippen MR) is 72.2 cm³/mol. The lowest BCUT2D eigenvalue weighted by Crippen LogP contribution is -2.48. The Labute approximate surface area is 111 Å². The van der Waals surface area contributed by atoms with E-state index in [0.29, 0.717) is 25.8 Å². The number of carbonyl (C=O) groups excluding carboxylic acids is 1. The Kier molecular flexibility index (Phi) is 8.99. The second-order valence-electron chi connectivity index (χ2n) is 4.11. The maximum absolute atomic E-state index is 10.6. The second-order valence-corrected chi connectivity index (χ2v) is 6.79. The topological polar surface area (TPSA) is 82.8 Å². The van der Waals surface area contributed by atoms with Crippen LogP contribution in [0.3, 0.4) is 0 Å². The highest BCUT2D eigenvalue weighted by atomic mass is 28.4. The average Bonchev–Trinajstić information content (AvgIpc) is 2.24. The summed E-state index contributed by atoms with van der Waals surface area (Å²) < 4.78 is 17.4. The highest BCUT2D eigenvalue weighted by Gasteiger charge is 2.40. The highest BCUT2D eigenvalue weighted by molar-refractivity contribution is 6.60. The van der Waals surface area contributed by atoms with Crippen molar-refractivity contribution < 1.29 is 18.1 Å². The molecule has 0 bridgehead atoms. The zero-order chi connectivity index (χ0) is 14.0. The summed E-state index contributed by atoms with van der Waals surface area (Å²) in [5.41, 5.74) is 5.01. The van der Waals surface area contributed by atoms with Crippen molar-refractivity contribution in [2.75, 3.05) is 19.8 Å². The van der Waals surface area contributed by atoms with Crippen molar-refractivity contribution in [1.29, 1.82) is 0 Å². The molecule has 0 atom stereocenters. The molecule has 0 unspecified atom stereocenters. The monoisotopic (exact) mass is 278 g/mol. The van der Waals surface area contributed by atoms with Crippen LogP contribution in [0.1, 0.15) is 34.1 Å². The van der Waals surface area contributed by atoms with E-state index in [0.717, 1.165) is 6.42 Å². The normalized spacial score (nSPS) is 11.8. The summed E-state index contributed by atoms with van der Waals surface area (Å²) in [5, 5.41) is 2.55. The van der Waals surface area contributed by atoms with Gasteiger partial charge < -0.3 is 24.3 Å². The van der Waals surface area contributed by atoms with Crippen molar-refractivity contribution in [1.82, 2.24) is 5.32 Å². The van der Waals surface area contributed by atoms with Gasteiger partial charge in [-0.05, 0) is 34.1 Å². The smallest absolute Gasteiger partial charge is 0.374 e. The van der Waals surface area contributed by atoms with Gasteiger partial charge in [0.1, 0.15) is 0 Å². The van der Waals surface area contributed by atoms with Crippen molar-refractivity contribution in [3.05, 3.63) is 0 Å². The van der Waals surface area contributed by atoms with E-state index >= 15 is 0 Å². The van der Waals surface area contributed by atoms with Gasteiger partial charge in [0, 0.05) is 31.9 Å². The molecule has 7 heteroatoms. The van der Waals surface area contributed by atoms with E-state index in [1.54, 1.807) is 0 Å².